The van der Waals surface area contributed by atoms with E-state index in [-0.39, 0.29) is 11.5 Å². The van der Waals surface area contributed by atoms with Crippen LogP contribution in [-0.4, -0.2) is 33.7 Å². The number of aromatic nitrogens is 3. The summed E-state index contributed by atoms with van der Waals surface area (Å²) in [5.74, 6) is 0.109. The quantitative estimate of drug-likeness (QED) is 0.731. The van der Waals surface area contributed by atoms with E-state index in [1.165, 1.54) is 17.4 Å². The van der Waals surface area contributed by atoms with Crippen LogP contribution >= 0.6 is 11.3 Å². The van der Waals surface area contributed by atoms with E-state index in [9.17, 15) is 9.59 Å². The van der Waals surface area contributed by atoms with Gasteiger partial charge in [-0.1, -0.05) is 0 Å². The van der Waals surface area contributed by atoms with Gasteiger partial charge in [-0.05, 0) is 37.3 Å². The van der Waals surface area contributed by atoms with Crippen LogP contribution in [0.1, 0.15) is 25.3 Å². The number of ether oxygens (including phenoxy) is 1. The first kappa shape index (κ1) is 17.8. The molecule has 3 aromatic rings. The minimum Gasteiger partial charge on any atom is -0.381 e. The predicted octanol–water partition coefficient (Wildman–Crippen LogP) is 2.85. The van der Waals surface area contributed by atoms with E-state index in [4.69, 9.17) is 4.74 Å². The van der Waals surface area contributed by atoms with Crippen LogP contribution in [0.3, 0.4) is 0 Å². The minimum absolute atomic E-state index is 0.194. The van der Waals surface area contributed by atoms with Crippen molar-refractivity contribution in [2.45, 2.75) is 25.3 Å². The molecule has 8 heteroatoms. The predicted molar refractivity (Wildman–Crippen MR) is 104 cm³/mol. The smallest absolute Gasteiger partial charge is 0.251 e. The van der Waals surface area contributed by atoms with E-state index in [2.05, 4.69) is 15.3 Å². The van der Waals surface area contributed by atoms with Crippen molar-refractivity contribution in [1.82, 2.24) is 14.5 Å². The Morgan fingerprint density at radius 1 is 1.30 bits per heavy atom. The molecule has 7 nitrogen and oxygen atoms in total. The molecule has 0 bridgehead atoms. The lowest BCUT2D eigenvalue weighted by Gasteiger charge is -2.27. The summed E-state index contributed by atoms with van der Waals surface area (Å²) in [6.07, 6.45) is 7.35. The standard InChI is InChI=1S/C19H20N4O3S/c24-17-2-1-14-12-20-6-3-15(14)23(17)16(11-13-4-8-26-9-5-13)18(25)22-19-21-7-10-27-19/h1-3,6-7,10,12-13,16H,4-5,8-9,11H2,(H,21,22,25). The van der Waals surface area contributed by atoms with Crippen LogP contribution in [-0.2, 0) is 9.53 Å². The van der Waals surface area contributed by atoms with Gasteiger partial charge in [0.2, 0.25) is 5.91 Å². The fraction of sp³-hybridized carbons (Fsp3) is 0.368. The van der Waals surface area contributed by atoms with Gasteiger partial charge >= 0.3 is 0 Å². The van der Waals surface area contributed by atoms with E-state index in [0.29, 0.717) is 36.2 Å². The SMILES string of the molecule is O=C(Nc1nccs1)C(CC1CCOCC1)n1c(=O)ccc2cnccc21. The number of hydrogen-bond acceptors (Lipinski definition) is 6. The van der Waals surface area contributed by atoms with Crippen molar-refractivity contribution in [3.63, 3.8) is 0 Å². The van der Waals surface area contributed by atoms with E-state index in [1.54, 1.807) is 40.7 Å². The lowest BCUT2D eigenvalue weighted by molar-refractivity contribution is -0.120. The highest BCUT2D eigenvalue weighted by molar-refractivity contribution is 7.13. The number of hydrogen-bond donors (Lipinski definition) is 1. The van der Waals surface area contributed by atoms with Gasteiger partial charge in [-0.25, -0.2) is 4.98 Å². The van der Waals surface area contributed by atoms with Gasteiger partial charge in [-0.15, -0.1) is 11.3 Å². The molecule has 1 aliphatic heterocycles. The molecule has 1 saturated heterocycles. The molecule has 0 aliphatic carbocycles. The first-order chi connectivity index (χ1) is 13.2. The largest absolute Gasteiger partial charge is 0.381 e. The van der Waals surface area contributed by atoms with Crippen LogP contribution in [0, 0.1) is 5.92 Å². The maximum atomic E-state index is 13.1. The Labute approximate surface area is 160 Å². The molecule has 4 rings (SSSR count). The molecule has 4 heterocycles. The fourth-order valence-electron chi connectivity index (χ4n) is 3.53. The monoisotopic (exact) mass is 384 g/mol. The van der Waals surface area contributed by atoms with E-state index in [1.807, 2.05) is 0 Å². The fourth-order valence-corrected chi connectivity index (χ4v) is 4.06. The molecular formula is C19H20N4O3S. The number of anilines is 1. The summed E-state index contributed by atoms with van der Waals surface area (Å²) >= 11 is 1.36. The van der Waals surface area contributed by atoms with Gasteiger partial charge < -0.3 is 10.1 Å². The average molecular weight is 384 g/mol. The van der Waals surface area contributed by atoms with E-state index >= 15 is 0 Å². The zero-order valence-electron chi connectivity index (χ0n) is 14.7. The molecule has 3 aromatic heterocycles. The van der Waals surface area contributed by atoms with Gasteiger partial charge in [-0.3, -0.25) is 19.1 Å². The van der Waals surface area contributed by atoms with Crippen LogP contribution in [0.15, 0.2) is 47.0 Å². The van der Waals surface area contributed by atoms with Crippen LogP contribution in [0.2, 0.25) is 0 Å². The zero-order valence-corrected chi connectivity index (χ0v) is 15.5. The van der Waals surface area contributed by atoms with Crippen molar-refractivity contribution in [2.24, 2.45) is 5.92 Å². The third kappa shape index (κ3) is 3.91. The van der Waals surface area contributed by atoms with Crippen molar-refractivity contribution in [3.05, 3.63) is 52.5 Å². The molecule has 0 saturated carbocycles. The third-order valence-electron chi connectivity index (χ3n) is 4.90. The Hall–Kier alpha value is -2.58. The Kier molecular flexibility index (Phi) is 5.26. The highest BCUT2D eigenvalue weighted by Crippen LogP contribution is 2.28. The topological polar surface area (TPSA) is 86.1 Å². The summed E-state index contributed by atoms with van der Waals surface area (Å²) in [5.41, 5.74) is 0.517. The molecule has 140 valence electrons. The van der Waals surface area contributed by atoms with Crippen molar-refractivity contribution in [2.75, 3.05) is 18.5 Å². The van der Waals surface area contributed by atoms with Crippen LogP contribution in [0.5, 0.6) is 0 Å². The summed E-state index contributed by atoms with van der Waals surface area (Å²) in [6.45, 7) is 1.39. The van der Waals surface area contributed by atoms with Gasteiger partial charge in [0.1, 0.15) is 6.04 Å². The molecule has 0 aromatic carbocycles. The number of fused-ring (bicyclic) bond motifs is 1. The first-order valence-corrected chi connectivity index (χ1v) is 9.84. The van der Waals surface area contributed by atoms with Crippen molar-refractivity contribution in [1.29, 1.82) is 0 Å². The molecule has 1 amide bonds. The maximum absolute atomic E-state index is 13.1. The number of nitrogens with one attached hydrogen (secondary N) is 1. The maximum Gasteiger partial charge on any atom is 0.251 e. The normalized spacial score (nSPS) is 16.3. The molecule has 1 aliphatic rings. The number of carbonyl (C=O) groups is 1. The Bertz CT molecular complexity index is 980. The van der Waals surface area contributed by atoms with Gasteiger partial charge in [0.05, 0.1) is 5.52 Å². The molecule has 27 heavy (non-hydrogen) atoms. The van der Waals surface area contributed by atoms with Gasteiger partial charge in [0.25, 0.3) is 5.56 Å². The van der Waals surface area contributed by atoms with Gasteiger partial charge in [-0.2, -0.15) is 0 Å². The second kappa shape index (κ2) is 7.98. The highest BCUT2D eigenvalue weighted by Gasteiger charge is 2.28. The molecular weight excluding hydrogens is 364 g/mol. The second-order valence-electron chi connectivity index (χ2n) is 6.61. The van der Waals surface area contributed by atoms with E-state index in [0.717, 1.165) is 18.2 Å². The van der Waals surface area contributed by atoms with Crippen molar-refractivity contribution in [3.8, 4) is 0 Å². The third-order valence-corrected chi connectivity index (χ3v) is 5.59. The van der Waals surface area contributed by atoms with Crippen LogP contribution < -0.4 is 10.9 Å². The molecule has 0 spiro atoms. The highest BCUT2D eigenvalue weighted by atomic mass is 32.1. The average Bonchev–Trinajstić information content (AvgIpc) is 3.20. The Balaban J connectivity index is 1.74. The Morgan fingerprint density at radius 3 is 2.93 bits per heavy atom. The number of carbonyl (C=O) groups excluding carboxylic acids is 1. The van der Waals surface area contributed by atoms with Gasteiger partial charge in [0.15, 0.2) is 5.13 Å². The number of thiazole rings is 1. The minimum atomic E-state index is -0.615. The summed E-state index contributed by atoms with van der Waals surface area (Å²) in [7, 11) is 0. The number of amides is 1. The second-order valence-corrected chi connectivity index (χ2v) is 7.50. The number of nitrogens with zero attached hydrogens (tertiary/aromatic N) is 3. The summed E-state index contributed by atoms with van der Waals surface area (Å²) < 4.78 is 7.03. The van der Waals surface area contributed by atoms with E-state index < -0.39 is 6.04 Å². The lowest BCUT2D eigenvalue weighted by atomic mass is 9.91. The lowest BCUT2D eigenvalue weighted by Crippen LogP contribution is -2.35. The van der Waals surface area contributed by atoms with Crippen molar-refractivity contribution < 1.29 is 9.53 Å². The van der Waals surface area contributed by atoms with Gasteiger partial charge in [0, 0.05) is 48.6 Å². The molecule has 1 atom stereocenters. The Morgan fingerprint density at radius 2 is 2.15 bits per heavy atom. The van der Waals surface area contributed by atoms with Crippen LogP contribution in [0.4, 0.5) is 5.13 Å². The summed E-state index contributed by atoms with van der Waals surface area (Å²) in [5, 5.41) is 6.03. The molecule has 1 N–H and O–H groups in total. The zero-order chi connectivity index (χ0) is 18.6. The molecule has 1 fully saturated rings. The molecule has 0 radical (unpaired) electrons. The van der Waals surface area contributed by atoms with Crippen molar-refractivity contribution >= 4 is 33.3 Å². The summed E-state index contributed by atoms with van der Waals surface area (Å²) in [6, 6.07) is 4.41. The number of rotatable bonds is 5. The van der Waals surface area contributed by atoms with Crippen LogP contribution in [0.25, 0.3) is 10.9 Å². The first-order valence-electron chi connectivity index (χ1n) is 8.96. The summed E-state index contributed by atoms with van der Waals surface area (Å²) in [4.78, 5) is 34.1. The number of pyridine rings is 2. The molecule has 1 unspecified atom stereocenters.